The largest absolute Gasteiger partial charge is 0.394 e. The molecular formula is C16H32N2O. The minimum Gasteiger partial charge on any atom is -0.394 e. The summed E-state index contributed by atoms with van der Waals surface area (Å²) in [6.45, 7) is 9.13. The van der Waals surface area contributed by atoms with Crippen molar-refractivity contribution in [2.24, 2.45) is 11.8 Å². The van der Waals surface area contributed by atoms with Gasteiger partial charge in [-0.25, -0.2) is 0 Å². The van der Waals surface area contributed by atoms with Crippen LogP contribution in [0.25, 0.3) is 0 Å². The van der Waals surface area contributed by atoms with Gasteiger partial charge < -0.3 is 15.3 Å². The van der Waals surface area contributed by atoms with Crippen LogP contribution in [0.1, 0.15) is 52.4 Å². The molecule has 3 atom stereocenters. The number of piperidine rings is 1. The van der Waals surface area contributed by atoms with E-state index in [1.807, 2.05) is 0 Å². The van der Waals surface area contributed by atoms with Crippen LogP contribution < -0.4 is 5.32 Å². The molecule has 2 N–H and O–H groups in total. The van der Waals surface area contributed by atoms with Crippen molar-refractivity contribution >= 4 is 0 Å². The molecule has 19 heavy (non-hydrogen) atoms. The number of hydrogen-bond acceptors (Lipinski definition) is 3. The van der Waals surface area contributed by atoms with Crippen LogP contribution in [0.2, 0.25) is 0 Å². The molecule has 0 spiro atoms. The summed E-state index contributed by atoms with van der Waals surface area (Å²) in [6, 6.07) is 0. The molecule has 2 rings (SSSR count). The fourth-order valence-electron chi connectivity index (χ4n) is 3.93. The highest BCUT2D eigenvalue weighted by molar-refractivity contribution is 4.87. The Balaban J connectivity index is 1.77. The Kier molecular flexibility index (Phi) is 5.67. The molecule has 0 bridgehead atoms. The van der Waals surface area contributed by atoms with Gasteiger partial charge in [-0.1, -0.05) is 26.2 Å². The fraction of sp³-hybridized carbons (Fsp3) is 1.00. The average Bonchev–Trinajstić information content (AvgIpc) is 2.45. The molecule has 1 saturated heterocycles. The lowest BCUT2D eigenvalue weighted by atomic mass is 9.75. The van der Waals surface area contributed by atoms with Crippen molar-refractivity contribution in [1.82, 2.24) is 10.2 Å². The van der Waals surface area contributed by atoms with Gasteiger partial charge in [-0.3, -0.25) is 0 Å². The number of fused-ring (bicyclic) bond motifs is 1. The van der Waals surface area contributed by atoms with Gasteiger partial charge in [0.05, 0.1) is 6.61 Å². The first-order valence-corrected chi connectivity index (χ1v) is 8.25. The summed E-state index contributed by atoms with van der Waals surface area (Å²) >= 11 is 0. The van der Waals surface area contributed by atoms with E-state index in [4.69, 9.17) is 0 Å². The van der Waals surface area contributed by atoms with Crippen LogP contribution in [0, 0.1) is 11.8 Å². The maximum atomic E-state index is 9.55. The Bertz CT molecular complexity index is 271. The molecule has 1 saturated carbocycles. The van der Waals surface area contributed by atoms with Gasteiger partial charge in [0.2, 0.25) is 0 Å². The van der Waals surface area contributed by atoms with E-state index in [2.05, 4.69) is 24.1 Å². The molecule has 0 aromatic carbocycles. The summed E-state index contributed by atoms with van der Waals surface area (Å²) in [4.78, 5) is 2.64. The van der Waals surface area contributed by atoms with E-state index in [9.17, 15) is 5.11 Å². The van der Waals surface area contributed by atoms with Gasteiger partial charge >= 0.3 is 0 Å². The molecule has 0 amide bonds. The molecule has 0 radical (unpaired) electrons. The zero-order valence-corrected chi connectivity index (χ0v) is 12.8. The third-order valence-corrected chi connectivity index (χ3v) is 5.31. The van der Waals surface area contributed by atoms with E-state index in [0.717, 1.165) is 31.3 Å². The number of hydrogen-bond donors (Lipinski definition) is 2. The number of likely N-dealkylation sites (tertiary alicyclic amines) is 1. The van der Waals surface area contributed by atoms with Crippen molar-refractivity contribution in [3.63, 3.8) is 0 Å². The van der Waals surface area contributed by atoms with Crippen LogP contribution in [-0.2, 0) is 0 Å². The van der Waals surface area contributed by atoms with Crippen LogP contribution in [0.5, 0.6) is 0 Å². The molecule has 3 unspecified atom stereocenters. The third kappa shape index (κ3) is 4.17. The SMILES string of the molecule is CCNC(C)(CO)CCN1CCC2CCCCC2C1. The lowest BCUT2D eigenvalue weighted by molar-refractivity contribution is 0.0730. The van der Waals surface area contributed by atoms with Crippen molar-refractivity contribution in [3.8, 4) is 0 Å². The molecular weight excluding hydrogens is 236 g/mol. The minimum atomic E-state index is -0.0990. The van der Waals surface area contributed by atoms with Crippen molar-refractivity contribution in [2.45, 2.75) is 57.9 Å². The average molecular weight is 268 g/mol. The maximum absolute atomic E-state index is 9.55. The molecule has 2 fully saturated rings. The predicted molar refractivity (Wildman–Crippen MR) is 80.3 cm³/mol. The zero-order chi connectivity index (χ0) is 13.7. The number of rotatable bonds is 6. The summed E-state index contributed by atoms with van der Waals surface area (Å²) in [5, 5.41) is 13.0. The van der Waals surface area contributed by atoms with Crippen LogP contribution in [0.4, 0.5) is 0 Å². The van der Waals surface area contributed by atoms with E-state index in [1.165, 1.54) is 45.2 Å². The molecule has 1 heterocycles. The van der Waals surface area contributed by atoms with E-state index < -0.39 is 0 Å². The lowest BCUT2D eigenvalue weighted by Crippen LogP contribution is -2.49. The quantitative estimate of drug-likeness (QED) is 0.775. The highest BCUT2D eigenvalue weighted by Crippen LogP contribution is 2.36. The van der Waals surface area contributed by atoms with Crippen molar-refractivity contribution < 1.29 is 5.11 Å². The van der Waals surface area contributed by atoms with Gasteiger partial charge in [-0.2, -0.15) is 0 Å². The number of aliphatic hydroxyl groups excluding tert-OH is 1. The number of aliphatic hydroxyl groups is 1. The number of nitrogens with zero attached hydrogens (tertiary/aromatic N) is 1. The van der Waals surface area contributed by atoms with Gasteiger partial charge in [0.1, 0.15) is 0 Å². The second-order valence-corrected chi connectivity index (χ2v) is 6.89. The first kappa shape index (κ1) is 15.3. The fourth-order valence-corrected chi connectivity index (χ4v) is 3.93. The van der Waals surface area contributed by atoms with Crippen molar-refractivity contribution in [2.75, 3.05) is 32.8 Å². The Morgan fingerprint density at radius 1 is 1.21 bits per heavy atom. The first-order valence-electron chi connectivity index (χ1n) is 8.25. The van der Waals surface area contributed by atoms with E-state index in [0.29, 0.717) is 0 Å². The Morgan fingerprint density at radius 3 is 2.63 bits per heavy atom. The minimum absolute atomic E-state index is 0.0990. The van der Waals surface area contributed by atoms with Gasteiger partial charge in [-0.05, 0) is 57.7 Å². The summed E-state index contributed by atoms with van der Waals surface area (Å²) in [5.74, 6) is 1.98. The second-order valence-electron chi connectivity index (χ2n) is 6.89. The topological polar surface area (TPSA) is 35.5 Å². The summed E-state index contributed by atoms with van der Waals surface area (Å²) in [5.41, 5.74) is -0.0990. The summed E-state index contributed by atoms with van der Waals surface area (Å²) in [6.07, 6.45) is 8.29. The van der Waals surface area contributed by atoms with E-state index in [1.54, 1.807) is 0 Å². The van der Waals surface area contributed by atoms with Crippen LogP contribution in [0.15, 0.2) is 0 Å². The Morgan fingerprint density at radius 2 is 1.95 bits per heavy atom. The number of nitrogens with one attached hydrogen (secondary N) is 1. The van der Waals surface area contributed by atoms with Gasteiger partial charge in [0.15, 0.2) is 0 Å². The van der Waals surface area contributed by atoms with Crippen molar-refractivity contribution in [3.05, 3.63) is 0 Å². The van der Waals surface area contributed by atoms with Gasteiger partial charge in [-0.15, -0.1) is 0 Å². The zero-order valence-electron chi connectivity index (χ0n) is 12.8. The third-order valence-electron chi connectivity index (χ3n) is 5.31. The highest BCUT2D eigenvalue weighted by atomic mass is 16.3. The Hall–Kier alpha value is -0.120. The molecule has 0 aromatic rings. The van der Waals surface area contributed by atoms with Crippen LogP contribution >= 0.6 is 0 Å². The highest BCUT2D eigenvalue weighted by Gasteiger charge is 2.32. The Labute approximate surface area is 118 Å². The first-order chi connectivity index (χ1) is 9.17. The van der Waals surface area contributed by atoms with Crippen LogP contribution in [0.3, 0.4) is 0 Å². The van der Waals surface area contributed by atoms with Gasteiger partial charge in [0, 0.05) is 12.1 Å². The molecule has 3 heteroatoms. The number of likely N-dealkylation sites (N-methyl/N-ethyl adjacent to an activating group) is 1. The maximum Gasteiger partial charge on any atom is 0.0611 e. The summed E-state index contributed by atoms with van der Waals surface area (Å²) < 4.78 is 0. The summed E-state index contributed by atoms with van der Waals surface area (Å²) in [7, 11) is 0. The van der Waals surface area contributed by atoms with Crippen molar-refractivity contribution in [1.29, 1.82) is 0 Å². The standard InChI is InChI=1S/C16H32N2O/c1-3-17-16(2,13-19)9-11-18-10-8-14-6-4-5-7-15(14)12-18/h14-15,17,19H,3-13H2,1-2H3. The normalized spacial score (nSPS) is 31.7. The molecule has 1 aliphatic heterocycles. The molecule has 2 aliphatic rings. The van der Waals surface area contributed by atoms with E-state index >= 15 is 0 Å². The monoisotopic (exact) mass is 268 g/mol. The van der Waals surface area contributed by atoms with Gasteiger partial charge in [0.25, 0.3) is 0 Å². The molecule has 3 nitrogen and oxygen atoms in total. The van der Waals surface area contributed by atoms with Crippen LogP contribution in [-0.4, -0.2) is 48.3 Å². The smallest absolute Gasteiger partial charge is 0.0611 e. The molecule has 0 aromatic heterocycles. The van der Waals surface area contributed by atoms with E-state index in [-0.39, 0.29) is 12.1 Å². The lowest BCUT2D eigenvalue weighted by Gasteiger charge is -2.42. The molecule has 1 aliphatic carbocycles. The molecule has 112 valence electrons. The second kappa shape index (κ2) is 7.05. The predicted octanol–water partition coefficient (Wildman–Crippen LogP) is 2.25.